The minimum absolute atomic E-state index is 0.309. The molecule has 1 N–H and O–H groups in total. The Labute approximate surface area is 120 Å². The summed E-state index contributed by atoms with van der Waals surface area (Å²) in [5.41, 5.74) is 2.26. The minimum atomic E-state index is 0.309. The van der Waals surface area contributed by atoms with Gasteiger partial charge < -0.3 is 15.0 Å². The Kier molecular flexibility index (Phi) is 4.58. The van der Waals surface area contributed by atoms with Crippen molar-refractivity contribution in [3.05, 3.63) is 23.2 Å². The second-order valence-corrected chi connectivity index (χ2v) is 6.06. The maximum atomic E-state index is 6.11. The van der Waals surface area contributed by atoms with Gasteiger partial charge in [-0.3, -0.25) is 0 Å². The van der Waals surface area contributed by atoms with E-state index in [-0.39, 0.29) is 0 Å². The monoisotopic (exact) mass is 282 g/mol. The van der Waals surface area contributed by atoms with Crippen LogP contribution in [0.15, 0.2) is 18.2 Å². The highest BCUT2D eigenvalue weighted by molar-refractivity contribution is 6.31. The number of nitrogens with zero attached hydrogens (tertiary/aromatic N) is 1. The third kappa shape index (κ3) is 3.77. The largest absolute Gasteiger partial charge is 0.380 e. The quantitative estimate of drug-likeness (QED) is 0.913. The molecule has 2 atom stereocenters. The van der Waals surface area contributed by atoms with Gasteiger partial charge in [-0.15, -0.1) is 0 Å². The molecule has 2 unspecified atom stereocenters. The van der Waals surface area contributed by atoms with Gasteiger partial charge in [0.15, 0.2) is 0 Å². The van der Waals surface area contributed by atoms with Gasteiger partial charge in [0.25, 0.3) is 0 Å². The predicted molar refractivity (Wildman–Crippen MR) is 82.4 cm³/mol. The third-order valence-corrected chi connectivity index (χ3v) is 3.73. The van der Waals surface area contributed by atoms with Crippen molar-refractivity contribution in [2.45, 2.75) is 44.9 Å². The Balaban J connectivity index is 2.15. The lowest BCUT2D eigenvalue weighted by Gasteiger charge is -2.34. The summed E-state index contributed by atoms with van der Waals surface area (Å²) in [5, 5.41) is 4.39. The predicted octanol–water partition coefficient (Wildman–Crippen LogP) is 3.77. The lowest BCUT2D eigenvalue weighted by molar-refractivity contribution is -0.0337. The van der Waals surface area contributed by atoms with Crippen molar-refractivity contribution in [2.75, 3.05) is 24.3 Å². The summed E-state index contributed by atoms with van der Waals surface area (Å²) >= 11 is 6.11. The van der Waals surface area contributed by atoms with Gasteiger partial charge in [-0.1, -0.05) is 11.6 Å². The van der Waals surface area contributed by atoms with Crippen LogP contribution in [-0.4, -0.2) is 32.3 Å². The highest BCUT2D eigenvalue weighted by atomic mass is 35.5. The molecular weight excluding hydrogens is 260 g/mol. The minimum Gasteiger partial charge on any atom is -0.380 e. The average molecular weight is 283 g/mol. The van der Waals surface area contributed by atoms with Crippen molar-refractivity contribution in [1.82, 2.24) is 0 Å². The Morgan fingerprint density at radius 3 is 2.42 bits per heavy atom. The molecule has 1 fully saturated rings. The zero-order valence-corrected chi connectivity index (χ0v) is 12.9. The van der Waals surface area contributed by atoms with Gasteiger partial charge in [-0.2, -0.15) is 0 Å². The number of anilines is 2. The summed E-state index contributed by atoms with van der Waals surface area (Å²) in [4.78, 5) is 2.10. The molecule has 3 nitrogen and oxygen atoms in total. The van der Waals surface area contributed by atoms with Crippen LogP contribution in [0.4, 0.5) is 11.4 Å². The highest BCUT2D eigenvalue weighted by Crippen LogP contribution is 2.31. The molecule has 1 heterocycles. The van der Waals surface area contributed by atoms with Gasteiger partial charge >= 0.3 is 0 Å². The van der Waals surface area contributed by atoms with Crippen LogP contribution in [-0.2, 0) is 4.74 Å². The van der Waals surface area contributed by atoms with Crippen LogP contribution in [0.25, 0.3) is 0 Å². The van der Waals surface area contributed by atoms with Gasteiger partial charge in [-0.05, 0) is 44.9 Å². The van der Waals surface area contributed by atoms with E-state index in [4.69, 9.17) is 16.3 Å². The Morgan fingerprint density at radius 2 is 1.84 bits per heavy atom. The first kappa shape index (κ1) is 14.5. The van der Waals surface area contributed by atoms with E-state index in [9.17, 15) is 0 Å². The number of benzene rings is 1. The molecular formula is C15H23ClN2O. The van der Waals surface area contributed by atoms with Crippen LogP contribution in [0.3, 0.4) is 0 Å². The molecule has 0 bridgehead atoms. The van der Waals surface area contributed by atoms with E-state index in [1.54, 1.807) is 0 Å². The molecule has 1 aromatic carbocycles. The molecule has 1 aliphatic heterocycles. The first-order valence-electron chi connectivity index (χ1n) is 6.84. The van der Waals surface area contributed by atoms with Gasteiger partial charge in [0.05, 0.1) is 23.6 Å². The second kappa shape index (κ2) is 6.02. The highest BCUT2D eigenvalue weighted by Gasteiger charge is 2.24. The van der Waals surface area contributed by atoms with Crippen LogP contribution in [0.5, 0.6) is 0 Å². The van der Waals surface area contributed by atoms with Crippen LogP contribution < -0.4 is 10.2 Å². The number of rotatable bonds is 3. The number of hydrogen-bond acceptors (Lipinski definition) is 3. The molecule has 0 aliphatic carbocycles. The van der Waals surface area contributed by atoms with Crippen LogP contribution in [0.2, 0.25) is 5.02 Å². The number of halogens is 1. The van der Waals surface area contributed by atoms with Gasteiger partial charge in [0, 0.05) is 25.2 Å². The molecule has 2 rings (SSSR count). The zero-order valence-electron chi connectivity index (χ0n) is 12.1. The molecule has 0 aromatic heterocycles. The van der Waals surface area contributed by atoms with Crippen molar-refractivity contribution < 1.29 is 4.74 Å². The van der Waals surface area contributed by atoms with Gasteiger partial charge in [-0.25, -0.2) is 0 Å². The first-order chi connectivity index (χ1) is 8.95. The zero-order chi connectivity index (χ0) is 14.0. The maximum absolute atomic E-state index is 6.11. The molecule has 0 saturated carbocycles. The fourth-order valence-electron chi connectivity index (χ4n) is 2.76. The smallest absolute Gasteiger partial charge is 0.0597 e. The van der Waals surface area contributed by atoms with Crippen LogP contribution in [0, 0.1) is 0 Å². The summed E-state index contributed by atoms with van der Waals surface area (Å²) in [6.45, 7) is 4.27. The van der Waals surface area contributed by atoms with E-state index in [1.165, 1.54) is 0 Å². The van der Waals surface area contributed by atoms with Crippen molar-refractivity contribution in [1.29, 1.82) is 0 Å². The standard InChI is InChI=1S/C15H23ClN2O/c1-10-7-13(8-11(2)19-10)17-14-9-12(16)5-6-15(14)18(3)4/h5-6,9-11,13,17H,7-8H2,1-4H3. The molecule has 0 amide bonds. The number of nitrogens with one attached hydrogen (secondary N) is 1. The molecule has 1 aromatic rings. The Morgan fingerprint density at radius 1 is 1.21 bits per heavy atom. The van der Waals surface area contributed by atoms with E-state index in [0.717, 1.165) is 29.2 Å². The summed E-state index contributed by atoms with van der Waals surface area (Å²) in [6, 6.07) is 6.42. The number of ether oxygens (including phenoxy) is 1. The van der Waals surface area contributed by atoms with Gasteiger partial charge in [0.1, 0.15) is 0 Å². The summed E-state index contributed by atoms with van der Waals surface area (Å²) < 4.78 is 5.78. The average Bonchev–Trinajstić information content (AvgIpc) is 2.26. The van der Waals surface area contributed by atoms with Crippen molar-refractivity contribution in [3.63, 3.8) is 0 Å². The van der Waals surface area contributed by atoms with Crippen molar-refractivity contribution in [3.8, 4) is 0 Å². The molecule has 1 aliphatic rings. The fourth-order valence-corrected chi connectivity index (χ4v) is 2.93. The summed E-state index contributed by atoms with van der Waals surface area (Å²) in [7, 11) is 4.09. The summed E-state index contributed by atoms with van der Waals surface area (Å²) in [6.07, 6.45) is 2.68. The van der Waals surface area contributed by atoms with E-state index in [2.05, 4.69) is 30.1 Å². The Hall–Kier alpha value is -0.930. The fraction of sp³-hybridized carbons (Fsp3) is 0.600. The second-order valence-electron chi connectivity index (χ2n) is 5.63. The third-order valence-electron chi connectivity index (χ3n) is 3.50. The SMILES string of the molecule is CC1CC(Nc2cc(Cl)ccc2N(C)C)CC(C)O1. The molecule has 1 saturated heterocycles. The lowest BCUT2D eigenvalue weighted by Crippen LogP contribution is -2.37. The van der Waals surface area contributed by atoms with Crippen molar-refractivity contribution >= 4 is 23.0 Å². The van der Waals surface area contributed by atoms with Crippen LogP contribution >= 0.6 is 11.6 Å². The maximum Gasteiger partial charge on any atom is 0.0597 e. The van der Waals surface area contributed by atoms with Gasteiger partial charge in [0.2, 0.25) is 0 Å². The normalized spacial score (nSPS) is 27.1. The molecule has 19 heavy (non-hydrogen) atoms. The molecule has 0 spiro atoms. The first-order valence-corrected chi connectivity index (χ1v) is 7.22. The van der Waals surface area contributed by atoms with E-state index in [1.807, 2.05) is 26.2 Å². The Bertz CT molecular complexity index is 426. The molecule has 106 valence electrons. The topological polar surface area (TPSA) is 24.5 Å². The van der Waals surface area contributed by atoms with E-state index in [0.29, 0.717) is 18.2 Å². The summed E-state index contributed by atoms with van der Waals surface area (Å²) in [5.74, 6) is 0. The number of hydrogen-bond donors (Lipinski definition) is 1. The van der Waals surface area contributed by atoms with E-state index < -0.39 is 0 Å². The van der Waals surface area contributed by atoms with Crippen molar-refractivity contribution in [2.24, 2.45) is 0 Å². The van der Waals surface area contributed by atoms with Crippen LogP contribution in [0.1, 0.15) is 26.7 Å². The van der Waals surface area contributed by atoms with E-state index >= 15 is 0 Å². The molecule has 4 heteroatoms. The lowest BCUT2D eigenvalue weighted by atomic mass is 9.99. The molecule has 0 radical (unpaired) electrons.